The molecule has 0 fully saturated rings. The highest BCUT2D eigenvalue weighted by molar-refractivity contribution is 7.13. The first kappa shape index (κ1) is 19.2. The lowest BCUT2D eigenvalue weighted by atomic mass is 10.0. The molecule has 0 bridgehead atoms. The quantitative estimate of drug-likeness (QED) is 0.468. The zero-order valence-electron chi connectivity index (χ0n) is 17.1. The fraction of sp³-hybridized carbons (Fsp3) is 0.292. The number of thiophene rings is 1. The maximum atomic E-state index is 13.1. The molecule has 6 heteroatoms. The minimum Gasteiger partial charge on any atom is -0.464 e. The smallest absolute Gasteiger partial charge is 0.197 e. The number of hydrogen-bond donors (Lipinski definition) is 0. The van der Waals surface area contributed by atoms with Crippen molar-refractivity contribution in [2.75, 3.05) is 6.54 Å². The van der Waals surface area contributed by atoms with Crippen molar-refractivity contribution in [2.24, 2.45) is 0 Å². The summed E-state index contributed by atoms with van der Waals surface area (Å²) in [7, 11) is 0. The van der Waals surface area contributed by atoms with E-state index in [1.54, 1.807) is 17.6 Å². The van der Waals surface area contributed by atoms with Crippen LogP contribution in [0.4, 0.5) is 0 Å². The number of nitrogens with zero attached hydrogens (tertiary/aromatic N) is 3. The van der Waals surface area contributed by atoms with Gasteiger partial charge in [-0.15, -0.1) is 11.3 Å². The van der Waals surface area contributed by atoms with Crippen LogP contribution in [-0.4, -0.2) is 21.4 Å². The van der Waals surface area contributed by atoms with E-state index in [9.17, 15) is 4.79 Å². The monoisotopic (exact) mass is 417 g/mol. The van der Waals surface area contributed by atoms with Gasteiger partial charge in [0.2, 0.25) is 0 Å². The van der Waals surface area contributed by atoms with Gasteiger partial charge in [-0.2, -0.15) is 0 Å². The molecule has 4 heterocycles. The van der Waals surface area contributed by atoms with Gasteiger partial charge in [0.15, 0.2) is 11.3 Å². The molecule has 0 unspecified atom stereocenters. The van der Waals surface area contributed by atoms with Crippen molar-refractivity contribution in [3.05, 3.63) is 80.8 Å². The van der Waals surface area contributed by atoms with E-state index in [1.165, 1.54) is 0 Å². The summed E-state index contributed by atoms with van der Waals surface area (Å²) < 4.78 is 5.78. The van der Waals surface area contributed by atoms with Gasteiger partial charge in [-0.1, -0.05) is 26.0 Å². The zero-order chi connectivity index (χ0) is 20.7. The fourth-order valence-electron chi connectivity index (χ4n) is 3.93. The average molecular weight is 418 g/mol. The van der Waals surface area contributed by atoms with Gasteiger partial charge in [0.05, 0.1) is 22.2 Å². The Morgan fingerprint density at radius 1 is 1.27 bits per heavy atom. The highest BCUT2D eigenvalue weighted by atomic mass is 32.1. The van der Waals surface area contributed by atoms with E-state index in [2.05, 4.69) is 23.7 Å². The predicted octanol–water partition coefficient (Wildman–Crippen LogP) is 4.99. The number of rotatable bonds is 4. The largest absolute Gasteiger partial charge is 0.464 e. The molecule has 1 aliphatic rings. The first-order valence-corrected chi connectivity index (χ1v) is 11.1. The summed E-state index contributed by atoms with van der Waals surface area (Å²) in [6.07, 6.45) is 4.40. The van der Waals surface area contributed by atoms with Crippen molar-refractivity contribution in [1.82, 2.24) is 14.9 Å². The van der Waals surface area contributed by atoms with Gasteiger partial charge in [0, 0.05) is 43.4 Å². The second-order valence-corrected chi connectivity index (χ2v) is 9.05. The lowest BCUT2D eigenvalue weighted by Crippen LogP contribution is -2.32. The van der Waals surface area contributed by atoms with E-state index >= 15 is 0 Å². The Bertz CT molecular complexity index is 1260. The average Bonchev–Trinajstić information content (AvgIpc) is 3.30. The molecule has 0 atom stereocenters. The molecule has 5 rings (SSSR count). The Morgan fingerprint density at radius 2 is 2.17 bits per heavy atom. The molecule has 0 spiro atoms. The normalized spacial score (nSPS) is 14.4. The van der Waals surface area contributed by atoms with Crippen molar-refractivity contribution >= 4 is 22.3 Å². The van der Waals surface area contributed by atoms with Gasteiger partial charge in [-0.3, -0.25) is 9.69 Å². The van der Waals surface area contributed by atoms with Crippen LogP contribution in [0.2, 0.25) is 0 Å². The van der Waals surface area contributed by atoms with E-state index in [1.807, 2.05) is 41.9 Å². The van der Waals surface area contributed by atoms with E-state index in [0.29, 0.717) is 29.0 Å². The van der Waals surface area contributed by atoms with E-state index < -0.39 is 0 Å². The van der Waals surface area contributed by atoms with Gasteiger partial charge in [-0.05, 0) is 35.1 Å². The molecule has 0 aliphatic carbocycles. The maximum absolute atomic E-state index is 13.1. The van der Waals surface area contributed by atoms with Crippen LogP contribution in [0.25, 0.3) is 21.7 Å². The van der Waals surface area contributed by atoms with E-state index in [-0.39, 0.29) is 5.43 Å². The second kappa shape index (κ2) is 7.78. The Labute approximate surface area is 179 Å². The molecule has 152 valence electrons. The lowest BCUT2D eigenvalue weighted by Gasteiger charge is -2.27. The SMILES string of the molecule is CC(C)c1ccc2occ(CN3CCc4nc(-c5cccs5)ncc4C3)c(=O)c2c1. The fourth-order valence-corrected chi connectivity index (χ4v) is 4.60. The lowest BCUT2D eigenvalue weighted by molar-refractivity contribution is 0.240. The minimum atomic E-state index is 0.0637. The highest BCUT2D eigenvalue weighted by Gasteiger charge is 2.21. The summed E-state index contributed by atoms with van der Waals surface area (Å²) in [5, 5.41) is 2.71. The maximum Gasteiger partial charge on any atom is 0.197 e. The molecule has 0 saturated carbocycles. The first-order chi connectivity index (χ1) is 14.6. The zero-order valence-corrected chi connectivity index (χ0v) is 17.9. The van der Waals surface area contributed by atoms with Crippen molar-refractivity contribution < 1.29 is 4.42 Å². The molecule has 1 aromatic carbocycles. The van der Waals surface area contributed by atoms with Crippen LogP contribution in [-0.2, 0) is 19.5 Å². The Morgan fingerprint density at radius 3 is 2.97 bits per heavy atom. The summed E-state index contributed by atoms with van der Waals surface area (Å²) >= 11 is 1.65. The first-order valence-electron chi connectivity index (χ1n) is 10.2. The van der Waals surface area contributed by atoms with Crippen molar-refractivity contribution in [3.63, 3.8) is 0 Å². The molecule has 30 heavy (non-hydrogen) atoms. The van der Waals surface area contributed by atoms with Crippen molar-refractivity contribution in [1.29, 1.82) is 0 Å². The van der Waals surface area contributed by atoms with Crippen LogP contribution in [0.5, 0.6) is 0 Å². The van der Waals surface area contributed by atoms with Gasteiger partial charge < -0.3 is 4.42 Å². The van der Waals surface area contributed by atoms with Crippen LogP contribution in [0.15, 0.2) is 57.4 Å². The molecule has 4 aromatic rings. The van der Waals surface area contributed by atoms with Crippen molar-refractivity contribution in [2.45, 2.75) is 39.3 Å². The standard InChI is InChI=1S/C24H23N3O2S/c1-15(2)16-5-6-21-19(10-16)23(28)18(14-29-21)13-27-8-7-20-17(12-27)11-25-24(26-20)22-4-3-9-30-22/h3-6,9-11,14-15H,7-8,12-13H2,1-2H3. The number of aromatic nitrogens is 2. The predicted molar refractivity (Wildman–Crippen MR) is 120 cm³/mol. The summed E-state index contributed by atoms with van der Waals surface area (Å²) in [5.74, 6) is 1.17. The Kier molecular flexibility index (Phi) is 4.97. The summed E-state index contributed by atoms with van der Waals surface area (Å²) in [6, 6.07) is 9.97. The molecular formula is C24H23N3O2S. The third-order valence-electron chi connectivity index (χ3n) is 5.68. The number of benzene rings is 1. The van der Waals surface area contributed by atoms with E-state index in [0.717, 1.165) is 47.0 Å². The molecule has 0 saturated heterocycles. The van der Waals surface area contributed by atoms with Gasteiger partial charge in [-0.25, -0.2) is 9.97 Å². The van der Waals surface area contributed by atoms with Crippen LogP contribution >= 0.6 is 11.3 Å². The van der Waals surface area contributed by atoms with Crippen LogP contribution < -0.4 is 5.43 Å². The molecule has 1 aliphatic heterocycles. The molecule has 3 aromatic heterocycles. The van der Waals surface area contributed by atoms with E-state index in [4.69, 9.17) is 9.40 Å². The van der Waals surface area contributed by atoms with Crippen LogP contribution in [0, 0.1) is 0 Å². The molecular weight excluding hydrogens is 394 g/mol. The van der Waals surface area contributed by atoms with Gasteiger partial charge in [0.25, 0.3) is 0 Å². The molecule has 5 nitrogen and oxygen atoms in total. The Hall–Kier alpha value is -2.83. The number of fused-ring (bicyclic) bond motifs is 2. The highest BCUT2D eigenvalue weighted by Crippen LogP contribution is 2.25. The second-order valence-electron chi connectivity index (χ2n) is 8.10. The molecule has 0 radical (unpaired) electrons. The third kappa shape index (κ3) is 3.57. The molecule has 0 N–H and O–H groups in total. The molecule has 0 amide bonds. The van der Waals surface area contributed by atoms with Crippen LogP contribution in [0.1, 0.15) is 42.1 Å². The summed E-state index contributed by atoms with van der Waals surface area (Å²) in [6.45, 7) is 6.42. The topological polar surface area (TPSA) is 59.2 Å². The summed E-state index contributed by atoms with van der Waals surface area (Å²) in [5.41, 5.74) is 4.80. The van der Waals surface area contributed by atoms with Crippen LogP contribution in [0.3, 0.4) is 0 Å². The Balaban J connectivity index is 1.39. The van der Waals surface area contributed by atoms with Gasteiger partial charge >= 0.3 is 0 Å². The van der Waals surface area contributed by atoms with Gasteiger partial charge in [0.1, 0.15) is 5.58 Å². The summed E-state index contributed by atoms with van der Waals surface area (Å²) in [4.78, 5) is 25.8. The third-order valence-corrected chi connectivity index (χ3v) is 6.55. The van der Waals surface area contributed by atoms with Crippen molar-refractivity contribution in [3.8, 4) is 10.7 Å². The number of hydrogen-bond acceptors (Lipinski definition) is 6. The minimum absolute atomic E-state index is 0.0637.